The fraction of sp³-hybridized carbons (Fsp3) is 0.400. The van der Waals surface area contributed by atoms with Gasteiger partial charge in [-0.3, -0.25) is 4.57 Å². The second-order valence-electron chi connectivity index (χ2n) is 6.68. The smallest absolute Gasteiger partial charge is 0.357 e. The van der Waals surface area contributed by atoms with Gasteiger partial charge in [0.2, 0.25) is 0 Å². The van der Waals surface area contributed by atoms with E-state index in [1.807, 2.05) is 70.3 Å². The third kappa shape index (κ3) is 6.55. The zero-order valence-electron chi connectivity index (χ0n) is 16.3. The average Bonchev–Trinajstić information content (AvgIpc) is 2.58. The van der Waals surface area contributed by atoms with Crippen LogP contribution in [-0.4, -0.2) is 18.5 Å². The summed E-state index contributed by atoms with van der Waals surface area (Å²) in [5.74, 6) is -0.656. The number of thioether (sulfide) groups is 1. The molecule has 0 bridgehead atoms. The highest BCUT2D eigenvalue weighted by molar-refractivity contribution is 7.98. The lowest BCUT2D eigenvalue weighted by atomic mass is 10.2. The molecule has 1 atom stereocenters. The van der Waals surface area contributed by atoms with Gasteiger partial charge in [-0.25, -0.2) is 0 Å². The quantitative estimate of drug-likeness (QED) is 0.338. The molecule has 2 rings (SSSR count). The maximum atomic E-state index is 13.8. The Balaban J connectivity index is 2.49. The van der Waals surface area contributed by atoms with Crippen LogP contribution >= 0.6 is 31.0 Å². The van der Waals surface area contributed by atoms with Crippen molar-refractivity contribution in [2.24, 2.45) is 0 Å². The topological polar surface area (TPSA) is 47.6 Å². The minimum Gasteiger partial charge on any atom is -0.368 e. The van der Waals surface area contributed by atoms with Crippen molar-refractivity contribution in [3.8, 4) is 0 Å². The van der Waals surface area contributed by atoms with Crippen molar-refractivity contribution < 1.29 is 13.6 Å². The normalized spacial score (nSPS) is 13.2. The summed E-state index contributed by atoms with van der Waals surface area (Å²) in [7, 11) is -3.53. The van der Waals surface area contributed by atoms with Gasteiger partial charge in [0.05, 0.1) is 12.2 Å². The Morgan fingerprint density at radius 1 is 1.00 bits per heavy atom. The Kier molecular flexibility index (Phi) is 8.26. The van der Waals surface area contributed by atoms with Gasteiger partial charge in [-0.1, -0.05) is 29.8 Å². The van der Waals surface area contributed by atoms with E-state index in [2.05, 4.69) is 5.32 Å². The predicted octanol–water partition coefficient (Wildman–Crippen LogP) is 7.22. The summed E-state index contributed by atoms with van der Waals surface area (Å²) in [5.41, 5.74) is 1.58. The molecule has 0 radical (unpaired) electrons. The summed E-state index contributed by atoms with van der Waals surface area (Å²) in [5, 5.41) is 3.92. The largest absolute Gasteiger partial charge is 0.368 e. The lowest BCUT2D eigenvalue weighted by Crippen LogP contribution is -2.19. The molecule has 0 aromatic heterocycles. The highest BCUT2D eigenvalue weighted by atomic mass is 35.5. The molecule has 0 aliphatic heterocycles. The van der Waals surface area contributed by atoms with E-state index in [0.29, 0.717) is 5.02 Å². The highest BCUT2D eigenvalue weighted by Crippen LogP contribution is 2.62. The molecule has 2 aromatic carbocycles. The van der Waals surface area contributed by atoms with Crippen molar-refractivity contribution >= 4 is 36.6 Å². The monoisotopic (exact) mass is 427 g/mol. The minimum atomic E-state index is -3.53. The maximum Gasteiger partial charge on any atom is 0.357 e. The number of hydrogen-bond acceptors (Lipinski definition) is 5. The van der Waals surface area contributed by atoms with Gasteiger partial charge in [0.25, 0.3) is 0 Å². The number of halogens is 1. The average molecular weight is 428 g/mol. The van der Waals surface area contributed by atoms with Crippen LogP contribution in [0.4, 0.5) is 5.69 Å². The SMILES string of the molecule is CSc1ccc(C(Nc2cccc(Cl)c2)P(=O)(OC(C)C)OC(C)C)cc1. The Bertz CT molecular complexity index is 769. The molecule has 0 heterocycles. The van der Waals surface area contributed by atoms with Crippen molar-refractivity contribution in [1.82, 2.24) is 0 Å². The lowest BCUT2D eigenvalue weighted by Gasteiger charge is -2.31. The minimum absolute atomic E-state index is 0.247. The molecule has 0 aliphatic rings. The lowest BCUT2D eigenvalue weighted by molar-refractivity contribution is 0.138. The molecule has 4 nitrogen and oxygen atoms in total. The summed E-state index contributed by atoms with van der Waals surface area (Å²) in [6, 6.07) is 15.2. The molecule has 0 saturated carbocycles. The first-order chi connectivity index (χ1) is 12.7. The van der Waals surface area contributed by atoms with E-state index in [4.69, 9.17) is 20.6 Å². The fourth-order valence-corrected chi connectivity index (χ4v) is 5.51. The van der Waals surface area contributed by atoms with E-state index in [1.165, 1.54) is 0 Å². The Labute approximate surface area is 171 Å². The number of nitrogens with one attached hydrogen (secondary N) is 1. The summed E-state index contributed by atoms with van der Waals surface area (Å²) in [6.45, 7) is 7.40. The molecule has 2 aromatic rings. The number of rotatable bonds is 9. The van der Waals surface area contributed by atoms with Crippen LogP contribution in [0.15, 0.2) is 53.4 Å². The van der Waals surface area contributed by atoms with Gasteiger partial charge in [-0.05, 0) is 69.8 Å². The number of benzene rings is 2. The number of hydrogen-bond donors (Lipinski definition) is 1. The third-order valence-corrected chi connectivity index (χ3v) is 7.06. The molecule has 1 N–H and O–H groups in total. The van der Waals surface area contributed by atoms with Gasteiger partial charge < -0.3 is 14.4 Å². The summed E-state index contributed by atoms with van der Waals surface area (Å²) < 4.78 is 25.5. The Morgan fingerprint density at radius 3 is 2.07 bits per heavy atom. The standard InChI is InChI=1S/C20H27ClNO3PS/c1-14(2)24-26(23,25-15(3)4)20(16-9-11-19(27-5)12-10-16)22-18-8-6-7-17(21)13-18/h6-15,20,22H,1-5H3. The molecule has 27 heavy (non-hydrogen) atoms. The molecular weight excluding hydrogens is 401 g/mol. The van der Waals surface area contributed by atoms with Gasteiger partial charge in [0.15, 0.2) is 5.78 Å². The van der Waals surface area contributed by atoms with Gasteiger partial charge in [-0.15, -0.1) is 11.8 Å². The zero-order chi connectivity index (χ0) is 20.0. The van der Waals surface area contributed by atoms with Crippen LogP contribution in [-0.2, 0) is 13.6 Å². The molecule has 148 valence electrons. The second-order valence-corrected chi connectivity index (χ2v) is 10.0. The van der Waals surface area contributed by atoms with Gasteiger partial charge >= 0.3 is 7.60 Å². The molecule has 0 spiro atoms. The van der Waals surface area contributed by atoms with Crippen LogP contribution in [0.2, 0.25) is 5.02 Å². The first-order valence-corrected chi connectivity index (χ1v) is 12.1. The summed E-state index contributed by atoms with van der Waals surface area (Å²) >= 11 is 7.78. The van der Waals surface area contributed by atoms with Gasteiger partial charge in [-0.2, -0.15) is 0 Å². The zero-order valence-corrected chi connectivity index (χ0v) is 18.8. The van der Waals surface area contributed by atoms with Crippen LogP contribution in [0.5, 0.6) is 0 Å². The van der Waals surface area contributed by atoms with Crippen molar-refractivity contribution in [3.63, 3.8) is 0 Å². The second kappa shape index (κ2) is 9.99. The number of anilines is 1. The van der Waals surface area contributed by atoms with E-state index in [9.17, 15) is 4.57 Å². The van der Waals surface area contributed by atoms with E-state index < -0.39 is 13.4 Å². The van der Waals surface area contributed by atoms with Gasteiger partial charge in [0, 0.05) is 15.6 Å². The van der Waals surface area contributed by atoms with E-state index >= 15 is 0 Å². The van der Waals surface area contributed by atoms with Crippen molar-refractivity contribution in [2.45, 2.75) is 50.6 Å². The van der Waals surface area contributed by atoms with Crippen molar-refractivity contribution in [2.75, 3.05) is 11.6 Å². The van der Waals surface area contributed by atoms with Crippen LogP contribution in [0.25, 0.3) is 0 Å². The van der Waals surface area contributed by atoms with E-state index in [0.717, 1.165) is 16.1 Å². The van der Waals surface area contributed by atoms with Crippen LogP contribution < -0.4 is 5.32 Å². The molecule has 7 heteroatoms. The van der Waals surface area contributed by atoms with Crippen LogP contribution in [0.3, 0.4) is 0 Å². The first-order valence-electron chi connectivity index (χ1n) is 8.86. The van der Waals surface area contributed by atoms with Crippen molar-refractivity contribution in [3.05, 3.63) is 59.1 Å². The Hall–Kier alpha value is -0.970. The molecule has 1 unspecified atom stereocenters. The predicted molar refractivity (Wildman–Crippen MR) is 116 cm³/mol. The van der Waals surface area contributed by atoms with Crippen LogP contribution in [0.1, 0.15) is 39.0 Å². The first kappa shape index (κ1) is 22.3. The molecule has 0 aliphatic carbocycles. The summed E-state index contributed by atoms with van der Waals surface area (Å²) in [6.07, 6.45) is 1.53. The molecular formula is C20H27ClNO3PS. The third-order valence-electron chi connectivity index (χ3n) is 3.59. The Morgan fingerprint density at radius 2 is 1.59 bits per heavy atom. The van der Waals surface area contributed by atoms with Crippen LogP contribution in [0, 0.1) is 0 Å². The molecule has 0 saturated heterocycles. The highest BCUT2D eigenvalue weighted by Gasteiger charge is 2.39. The summed E-state index contributed by atoms with van der Waals surface area (Å²) in [4.78, 5) is 1.13. The fourth-order valence-electron chi connectivity index (χ4n) is 2.60. The molecule has 0 fully saturated rings. The maximum absolute atomic E-state index is 13.8. The van der Waals surface area contributed by atoms with Gasteiger partial charge in [0.1, 0.15) is 0 Å². The van der Waals surface area contributed by atoms with E-state index in [1.54, 1.807) is 23.9 Å². The molecule has 0 amide bonds. The van der Waals surface area contributed by atoms with Crippen molar-refractivity contribution in [1.29, 1.82) is 0 Å². The van der Waals surface area contributed by atoms with E-state index in [-0.39, 0.29) is 12.2 Å².